The van der Waals surface area contributed by atoms with Crippen LogP contribution in [0.5, 0.6) is 0 Å². The van der Waals surface area contributed by atoms with Gasteiger partial charge in [0.15, 0.2) is 0 Å². The summed E-state index contributed by atoms with van der Waals surface area (Å²) in [5, 5.41) is 2.31. The van der Waals surface area contributed by atoms with Crippen LogP contribution in [0.2, 0.25) is 5.02 Å². The van der Waals surface area contributed by atoms with Crippen LogP contribution in [0.3, 0.4) is 0 Å². The number of anilines is 1. The van der Waals surface area contributed by atoms with Gasteiger partial charge in [0.05, 0.1) is 17.3 Å². The molecule has 0 bridgehead atoms. The molecule has 2 heterocycles. The Morgan fingerprint density at radius 1 is 1.27 bits per heavy atom. The number of benzene rings is 1. The first-order valence-corrected chi connectivity index (χ1v) is 9.46. The number of halogens is 2. The fourth-order valence-electron chi connectivity index (χ4n) is 3.38. The maximum atomic E-state index is 13.2. The van der Waals surface area contributed by atoms with Crippen molar-refractivity contribution in [1.29, 1.82) is 0 Å². The molecule has 0 atom stereocenters. The Labute approximate surface area is 159 Å². The Morgan fingerprint density at radius 3 is 2.69 bits per heavy atom. The highest BCUT2D eigenvalue weighted by atomic mass is 35.5. The van der Waals surface area contributed by atoms with E-state index in [2.05, 4.69) is 24.3 Å². The molecular formula is C19H26ClFN4O. The van der Waals surface area contributed by atoms with Crippen molar-refractivity contribution in [2.75, 3.05) is 44.8 Å². The number of hydrogen-bond acceptors (Lipinski definition) is 4. The Hall–Kier alpha value is -1.79. The summed E-state index contributed by atoms with van der Waals surface area (Å²) in [4.78, 5) is 16.5. The SMILES string of the molecule is CC1=C(CCCC(=O)N2CCN(C)CC2)NN(c2ccc(F)cc2Cl)C1. The number of amides is 1. The fraction of sp³-hybridized carbons (Fsp3) is 0.526. The third-order valence-corrected chi connectivity index (χ3v) is 5.36. The lowest BCUT2D eigenvalue weighted by atomic mass is 10.1. The fourth-order valence-corrected chi connectivity index (χ4v) is 3.64. The van der Waals surface area contributed by atoms with Crippen LogP contribution in [0, 0.1) is 5.82 Å². The molecule has 2 aliphatic heterocycles. The summed E-state index contributed by atoms with van der Waals surface area (Å²) in [7, 11) is 2.09. The van der Waals surface area contributed by atoms with Gasteiger partial charge in [0.1, 0.15) is 5.82 Å². The maximum absolute atomic E-state index is 13.2. The predicted molar refractivity (Wildman–Crippen MR) is 103 cm³/mol. The van der Waals surface area contributed by atoms with Gasteiger partial charge in [-0.15, -0.1) is 0 Å². The largest absolute Gasteiger partial charge is 0.340 e. The topological polar surface area (TPSA) is 38.8 Å². The number of nitrogens with zero attached hydrogens (tertiary/aromatic N) is 3. The van der Waals surface area contributed by atoms with E-state index < -0.39 is 0 Å². The zero-order chi connectivity index (χ0) is 18.7. The molecule has 1 amide bonds. The quantitative estimate of drug-likeness (QED) is 0.852. The van der Waals surface area contributed by atoms with E-state index in [9.17, 15) is 9.18 Å². The van der Waals surface area contributed by atoms with Crippen molar-refractivity contribution >= 4 is 23.2 Å². The average Bonchev–Trinajstić information content (AvgIpc) is 2.96. The summed E-state index contributed by atoms with van der Waals surface area (Å²) in [6.45, 7) is 6.32. The first-order chi connectivity index (χ1) is 12.4. The Balaban J connectivity index is 1.48. The second kappa shape index (κ2) is 8.27. The molecule has 0 spiro atoms. The number of nitrogens with one attached hydrogen (secondary N) is 1. The molecule has 0 radical (unpaired) electrons. The zero-order valence-corrected chi connectivity index (χ0v) is 16.2. The van der Waals surface area contributed by atoms with Crippen molar-refractivity contribution in [2.24, 2.45) is 0 Å². The highest BCUT2D eigenvalue weighted by Crippen LogP contribution is 2.30. The molecule has 1 saturated heterocycles. The first kappa shape index (κ1) is 19.0. The third kappa shape index (κ3) is 4.48. The number of hydrazine groups is 1. The van der Waals surface area contributed by atoms with E-state index in [4.69, 9.17) is 11.6 Å². The minimum Gasteiger partial charge on any atom is -0.340 e. The highest BCUT2D eigenvalue weighted by molar-refractivity contribution is 6.33. The van der Waals surface area contributed by atoms with Crippen LogP contribution in [-0.2, 0) is 4.79 Å². The smallest absolute Gasteiger partial charge is 0.222 e. The molecule has 7 heteroatoms. The summed E-state index contributed by atoms with van der Waals surface area (Å²) >= 11 is 6.15. The molecule has 1 aromatic carbocycles. The number of hydrogen-bond donors (Lipinski definition) is 1. The molecule has 5 nitrogen and oxygen atoms in total. The molecular weight excluding hydrogens is 355 g/mol. The molecule has 26 heavy (non-hydrogen) atoms. The van der Waals surface area contributed by atoms with Gasteiger partial charge >= 0.3 is 0 Å². The van der Waals surface area contributed by atoms with E-state index in [1.54, 1.807) is 6.07 Å². The first-order valence-electron chi connectivity index (χ1n) is 9.08. The number of allylic oxidation sites excluding steroid dienone is 1. The molecule has 142 valence electrons. The highest BCUT2D eigenvalue weighted by Gasteiger charge is 2.22. The van der Waals surface area contributed by atoms with Crippen LogP contribution in [-0.4, -0.2) is 55.5 Å². The summed E-state index contributed by atoms with van der Waals surface area (Å²) in [6, 6.07) is 4.41. The van der Waals surface area contributed by atoms with Crippen molar-refractivity contribution in [1.82, 2.24) is 15.2 Å². The van der Waals surface area contributed by atoms with Crippen LogP contribution >= 0.6 is 11.6 Å². The van der Waals surface area contributed by atoms with Gasteiger partial charge in [0.2, 0.25) is 5.91 Å². The molecule has 0 saturated carbocycles. The standard InChI is InChI=1S/C19H26ClFN4O/c1-14-13-25(18-7-6-15(21)12-16(18)20)22-17(14)4-3-5-19(26)24-10-8-23(2)9-11-24/h6-7,12,22H,3-5,8-11,13H2,1-2H3. The zero-order valence-electron chi connectivity index (χ0n) is 15.4. The van der Waals surface area contributed by atoms with E-state index in [-0.39, 0.29) is 11.7 Å². The Kier molecular flexibility index (Phi) is 6.04. The van der Waals surface area contributed by atoms with Gasteiger partial charge in [-0.3, -0.25) is 9.80 Å². The summed E-state index contributed by atoms with van der Waals surface area (Å²) < 4.78 is 13.2. The van der Waals surface area contributed by atoms with Crippen LogP contribution < -0.4 is 10.4 Å². The van der Waals surface area contributed by atoms with Crippen LogP contribution in [0.4, 0.5) is 10.1 Å². The molecule has 1 fully saturated rings. The van der Waals surface area contributed by atoms with E-state index in [1.165, 1.54) is 17.7 Å². The second-order valence-corrected chi connectivity index (χ2v) is 7.50. The van der Waals surface area contributed by atoms with Crippen molar-refractivity contribution in [3.8, 4) is 0 Å². The van der Waals surface area contributed by atoms with Crippen molar-refractivity contribution < 1.29 is 9.18 Å². The maximum Gasteiger partial charge on any atom is 0.222 e. The summed E-state index contributed by atoms with van der Waals surface area (Å²) in [5.41, 5.74) is 6.45. The summed E-state index contributed by atoms with van der Waals surface area (Å²) in [6.07, 6.45) is 2.20. The van der Waals surface area contributed by atoms with Gasteiger partial charge in [-0.2, -0.15) is 0 Å². The molecule has 3 rings (SSSR count). The molecule has 0 unspecified atom stereocenters. The molecule has 1 N–H and O–H groups in total. The van der Waals surface area contributed by atoms with Crippen LogP contribution in [0.15, 0.2) is 29.5 Å². The van der Waals surface area contributed by atoms with Gasteiger partial charge in [-0.1, -0.05) is 11.6 Å². The Morgan fingerprint density at radius 2 is 2.00 bits per heavy atom. The lowest BCUT2D eigenvalue weighted by Gasteiger charge is -2.32. The minimum absolute atomic E-state index is 0.243. The van der Waals surface area contributed by atoms with Gasteiger partial charge < -0.3 is 15.2 Å². The van der Waals surface area contributed by atoms with Crippen molar-refractivity contribution in [2.45, 2.75) is 26.2 Å². The number of likely N-dealkylation sites (N-methyl/N-ethyl adjacent to an activating group) is 1. The lowest BCUT2D eigenvalue weighted by molar-refractivity contribution is -0.132. The van der Waals surface area contributed by atoms with Crippen molar-refractivity contribution in [3.63, 3.8) is 0 Å². The van der Waals surface area contributed by atoms with E-state index in [0.717, 1.165) is 50.4 Å². The average molecular weight is 381 g/mol. The van der Waals surface area contributed by atoms with Crippen molar-refractivity contribution in [3.05, 3.63) is 40.3 Å². The monoisotopic (exact) mass is 380 g/mol. The van der Waals surface area contributed by atoms with E-state index in [0.29, 0.717) is 18.0 Å². The minimum atomic E-state index is -0.342. The number of carbonyl (C=O) groups is 1. The van der Waals surface area contributed by atoms with Crippen LogP contribution in [0.25, 0.3) is 0 Å². The molecule has 0 aromatic heterocycles. The second-order valence-electron chi connectivity index (χ2n) is 7.09. The van der Waals surface area contributed by atoms with Crippen LogP contribution in [0.1, 0.15) is 26.2 Å². The predicted octanol–water partition coefficient (Wildman–Crippen LogP) is 3.02. The molecule has 2 aliphatic rings. The Bertz CT molecular complexity index is 701. The number of piperazine rings is 1. The van der Waals surface area contributed by atoms with Gasteiger partial charge in [-0.05, 0) is 50.6 Å². The molecule has 0 aliphatic carbocycles. The van der Waals surface area contributed by atoms with E-state index in [1.807, 2.05) is 9.91 Å². The lowest BCUT2D eigenvalue weighted by Crippen LogP contribution is -2.47. The van der Waals surface area contributed by atoms with Gasteiger partial charge in [0.25, 0.3) is 0 Å². The van der Waals surface area contributed by atoms with Gasteiger partial charge in [-0.25, -0.2) is 4.39 Å². The number of carbonyl (C=O) groups excluding carboxylic acids is 1. The summed E-state index contributed by atoms with van der Waals surface area (Å²) in [5.74, 6) is -0.0990. The van der Waals surface area contributed by atoms with E-state index >= 15 is 0 Å². The third-order valence-electron chi connectivity index (χ3n) is 5.05. The van der Waals surface area contributed by atoms with Gasteiger partial charge in [0, 0.05) is 38.3 Å². The normalized spacial score (nSPS) is 18.5. The molecule has 1 aromatic rings. The number of rotatable bonds is 5.